The number of nitrogens with zero attached hydrogens (tertiary/aromatic N) is 4. The third-order valence-electron chi connectivity index (χ3n) is 6.60. The number of hydrogen-bond acceptors (Lipinski definition) is 5. The van der Waals surface area contributed by atoms with Crippen LogP contribution >= 0.6 is 0 Å². The van der Waals surface area contributed by atoms with Gasteiger partial charge in [0.15, 0.2) is 0 Å². The molecule has 6 nitrogen and oxygen atoms in total. The molecular weight excluding hydrogens is 350 g/mol. The fraction of sp³-hybridized carbons (Fsp3) is 0.727. The summed E-state index contributed by atoms with van der Waals surface area (Å²) in [6.07, 6.45) is 9.45. The van der Waals surface area contributed by atoms with Gasteiger partial charge in [0.1, 0.15) is 5.82 Å². The van der Waals surface area contributed by atoms with Crippen LogP contribution in [0.1, 0.15) is 48.9 Å². The lowest BCUT2D eigenvalue weighted by molar-refractivity contribution is 0.0945. The van der Waals surface area contributed by atoms with Gasteiger partial charge in [-0.25, -0.2) is 4.98 Å². The number of carbonyl (C=O) groups excluding carboxylic acids is 1. The summed E-state index contributed by atoms with van der Waals surface area (Å²) in [6, 6.07) is 4.52. The molecule has 0 spiro atoms. The number of anilines is 1. The maximum absolute atomic E-state index is 12.4. The summed E-state index contributed by atoms with van der Waals surface area (Å²) >= 11 is 0. The van der Waals surface area contributed by atoms with Gasteiger partial charge in [-0.2, -0.15) is 0 Å². The number of pyridine rings is 1. The van der Waals surface area contributed by atoms with E-state index in [1.54, 1.807) is 6.20 Å². The Bertz CT molecular complexity index is 637. The molecule has 2 saturated heterocycles. The van der Waals surface area contributed by atoms with Gasteiger partial charge in [0, 0.05) is 51.5 Å². The SMILES string of the molecule is CN1CCCCC1CCNC(=O)c1ccc(N2CCN(CC3CC3)CC2)nc1. The molecule has 1 aromatic heterocycles. The lowest BCUT2D eigenvalue weighted by atomic mass is 10.0. The van der Waals surface area contributed by atoms with Gasteiger partial charge in [0.25, 0.3) is 5.91 Å². The van der Waals surface area contributed by atoms with Crippen LogP contribution in [0, 0.1) is 5.92 Å². The molecule has 154 valence electrons. The van der Waals surface area contributed by atoms with Crippen LogP contribution in [0.4, 0.5) is 5.82 Å². The van der Waals surface area contributed by atoms with Crippen LogP contribution in [0.25, 0.3) is 0 Å². The zero-order valence-corrected chi connectivity index (χ0v) is 17.3. The Morgan fingerprint density at radius 1 is 1.11 bits per heavy atom. The number of hydrogen-bond donors (Lipinski definition) is 1. The molecule has 1 unspecified atom stereocenters. The van der Waals surface area contributed by atoms with Gasteiger partial charge in [0.05, 0.1) is 5.56 Å². The number of piperidine rings is 1. The molecule has 0 bridgehead atoms. The predicted octanol–water partition coefficient (Wildman–Crippen LogP) is 2.22. The van der Waals surface area contributed by atoms with E-state index in [4.69, 9.17) is 0 Å². The van der Waals surface area contributed by atoms with Crippen LogP contribution in [-0.2, 0) is 0 Å². The van der Waals surface area contributed by atoms with Gasteiger partial charge in [0.2, 0.25) is 0 Å². The molecule has 0 radical (unpaired) electrons. The molecule has 3 aliphatic rings. The van der Waals surface area contributed by atoms with Crippen LogP contribution < -0.4 is 10.2 Å². The first-order valence-corrected chi connectivity index (χ1v) is 11.1. The van der Waals surface area contributed by atoms with Crippen molar-refractivity contribution >= 4 is 11.7 Å². The number of aromatic nitrogens is 1. The van der Waals surface area contributed by atoms with Crippen molar-refractivity contribution in [2.45, 2.75) is 44.6 Å². The highest BCUT2D eigenvalue weighted by atomic mass is 16.1. The molecule has 1 N–H and O–H groups in total. The number of likely N-dealkylation sites (tertiary alicyclic amines) is 1. The van der Waals surface area contributed by atoms with E-state index in [1.165, 1.54) is 45.2 Å². The van der Waals surface area contributed by atoms with Gasteiger partial charge in [-0.1, -0.05) is 6.42 Å². The summed E-state index contributed by atoms with van der Waals surface area (Å²) < 4.78 is 0. The number of nitrogens with one attached hydrogen (secondary N) is 1. The Labute approximate surface area is 169 Å². The summed E-state index contributed by atoms with van der Waals surface area (Å²) in [5.41, 5.74) is 0.660. The zero-order chi connectivity index (χ0) is 19.3. The number of piperazine rings is 1. The largest absolute Gasteiger partial charge is 0.354 e. The molecule has 1 saturated carbocycles. The molecule has 0 aromatic carbocycles. The maximum Gasteiger partial charge on any atom is 0.252 e. The molecule has 1 amide bonds. The van der Waals surface area contributed by atoms with Crippen molar-refractivity contribution in [2.75, 3.05) is 57.8 Å². The minimum atomic E-state index is -0.00762. The van der Waals surface area contributed by atoms with Crippen LogP contribution in [0.5, 0.6) is 0 Å². The first-order chi connectivity index (χ1) is 13.7. The normalized spacial score (nSPS) is 24.3. The summed E-state index contributed by atoms with van der Waals surface area (Å²) in [6.45, 7) is 7.49. The van der Waals surface area contributed by atoms with E-state index < -0.39 is 0 Å². The standard InChI is InChI=1S/C22H35N5O/c1-25-11-3-2-4-20(25)9-10-23-22(28)19-7-8-21(24-16-19)27-14-12-26(13-15-27)17-18-5-6-18/h7-8,16,18,20H,2-6,9-15,17H2,1H3,(H,23,28). The Hall–Kier alpha value is -1.66. The molecule has 1 aliphatic carbocycles. The minimum Gasteiger partial charge on any atom is -0.354 e. The van der Waals surface area contributed by atoms with Crippen LogP contribution in [0.15, 0.2) is 18.3 Å². The molecule has 3 fully saturated rings. The Morgan fingerprint density at radius 3 is 2.61 bits per heavy atom. The Balaban J connectivity index is 1.21. The molecule has 28 heavy (non-hydrogen) atoms. The van der Waals surface area contributed by atoms with E-state index in [-0.39, 0.29) is 5.91 Å². The zero-order valence-electron chi connectivity index (χ0n) is 17.3. The van der Waals surface area contributed by atoms with Crippen LogP contribution in [0.3, 0.4) is 0 Å². The highest BCUT2D eigenvalue weighted by molar-refractivity contribution is 5.94. The molecule has 1 atom stereocenters. The minimum absolute atomic E-state index is 0.00762. The van der Waals surface area contributed by atoms with Crippen molar-refractivity contribution in [1.29, 1.82) is 0 Å². The lowest BCUT2D eigenvalue weighted by Crippen LogP contribution is -2.47. The van der Waals surface area contributed by atoms with Crippen molar-refractivity contribution in [2.24, 2.45) is 5.92 Å². The summed E-state index contributed by atoms with van der Waals surface area (Å²) in [5.74, 6) is 1.94. The number of amides is 1. The van der Waals surface area contributed by atoms with E-state index in [1.807, 2.05) is 12.1 Å². The van der Waals surface area contributed by atoms with Crippen molar-refractivity contribution in [1.82, 2.24) is 20.1 Å². The summed E-state index contributed by atoms with van der Waals surface area (Å²) in [4.78, 5) is 24.3. The fourth-order valence-corrected chi connectivity index (χ4v) is 4.50. The van der Waals surface area contributed by atoms with Crippen molar-refractivity contribution in [3.63, 3.8) is 0 Å². The predicted molar refractivity (Wildman–Crippen MR) is 113 cm³/mol. The average molecular weight is 386 g/mol. The van der Waals surface area contributed by atoms with Gasteiger partial charge in [-0.15, -0.1) is 0 Å². The average Bonchev–Trinajstić information content (AvgIpc) is 3.54. The third-order valence-corrected chi connectivity index (χ3v) is 6.60. The first kappa shape index (κ1) is 19.6. The highest BCUT2D eigenvalue weighted by Crippen LogP contribution is 2.30. The van der Waals surface area contributed by atoms with E-state index in [0.29, 0.717) is 11.6 Å². The second-order valence-electron chi connectivity index (χ2n) is 8.81. The van der Waals surface area contributed by atoms with Crippen molar-refractivity contribution < 1.29 is 4.79 Å². The molecule has 3 heterocycles. The Kier molecular flexibility index (Phi) is 6.47. The Morgan fingerprint density at radius 2 is 1.93 bits per heavy atom. The fourth-order valence-electron chi connectivity index (χ4n) is 4.50. The van der Waals surface area contributed by atoms with E-state index in [2.05, 4.69) is 32.0 Å². The number of rotatable bonds is 7. The second kappa shape index (κ2) is 9.23. The summed E-state index contributed by atoms with van der Waals surface area (Å²) in [7, 11) is 2.19. The van der Waals surface area contributed by atoms with Crippen molar-refractivity contribution in [3.05, 3.63) is 23.9 Å². The van der Waals surface area contributed by atoms with Crippen molar-refractivity contribution in [3.8, 4) is 0 Å². The molecule has 4 rings (SSSR count). The molecule has 6 heteroatoms. The van der Waals surface area contributed by atoms with Gasteiger partial charge in [-0.05, 0) is 63.7 Å². The molecule has 2 aliphatic heterocycles. The highest BCUT2D eigenvalue weighted by Gasteiger charge is 2.26. The van der Waals surface area contributed by atoms with Gasteiger partial charge < -0.3 is 15.1 Å². The van der Waals surface area contributed by atoms with Crippen LogP contribution in [0.2, 0.25) is 0 Å². The lowest BCUT2D eigenvalue weighted by Gasteiger charge is -2.35. The first-order valence-electron chi connectivity index (χ1n) is 11.1. The second-order valence-corrected chi connectivity index (χ2v) is 8.81. The number of carbonyl (C=O) groups is 1. The maximum atomic E-state index is 12.4. The van der Waals surface area contributed by atoms with Gasteiger partial charge >= 0.3 is 0 Å². The van der Waals surface area contributed by atoms with E-state index in [0.717, 1.165) is 50.9 Å². The smallest absolute Gasteiger partial charge is 0.252 e. The summed E-state index contributed by atoms with van der Waals surface area (Å²) in [5, 5.41) is 3.07. The monoisotopic (exact) mass is 385 g/mol. The van der Waals surface area contributed by atoms with E-state index >= 15 is 0 Å². The molecule has 1 aromatic rings. The van der Waals surface area contributed by atoms with E-state index in [9.17, 15) is 4.79 Å². The quantitative estimate of drug-likeness (QED) is 0.780. The molecular formula is C22H35N5O. The van der Waals surface area contributed by atoms with Crippen LogP contribution in [-0.4, -0.2) is 79.6 Å². The third kappa shape index (κ3) is 5.23. The van der Waals surface area contributed by atoms with Gasteiger partial charge in [-0.3, -0.25) is 9.69 Å². The topological polar surface area (TPSA) is 51.7 Å².